The van der Waals surface area contributed by atoms with E-state index in [4.69, 9.17) is 9.47 Å². The van der Waals surface area contributed by atoms with Crippen molar-refractivity contribution in [3.05, 3.63) is 23.6 Å². The number of benzene rings is 1. The van der Waals surface area contributed by atoms with Gasteiger partial charge in [0.15, 0.2) is 5.13 Å². The van der Waals surface area contributed by atoms with E-state index in [1.165, 1.54) is 17.8 Å². The largest absolute Gasteiger partial charge is 0.497 e. The molecule has 0 radical (unpaired) electrons. The molecular formula is C23H31N3O4S. The maximum atomic E-state index is 12.9. The topological polar surface area (TPSA) is 89.5 Å². The molecule has 8 heteroatoms. The van der Waals surface area contributed by atoms with Gasteiger partial charge in [0.2, 0.25) is 11.8 Å². The molecule has 2 amide bonds. The van der Waals surface area contributed by atoms with E-state index in [-0.39, 0.29) is 23.7 Å². The van der Waals surface area contributed by atoms with E-state index in [0.29, 0.717) is 22.3 Å². The maximum absolute atomic E-state index is 12.9. The van der Waals surface area contributed by atoms with Crippen LogP contribution in [0.15, 0.2) is 23.6 Å². The molecule has 1 unspecified atom stereocenters. The van der Waals surface area contributed by atoms with Crippen LogP contribution in [0.2, 0.25) is 0 Å². The SMILES string of the molecule is COc1ccc(OC)c(-c2csc(NC(=O)C(NC(=O)C3CCCCC3)C(C)C)n2)c1. The van der Waals surface area contributed by atoms with Gasteiger partial charge in [0.05, 0.1) is 19.9 Å². The van der Waals surface area contributed by atoms with Crippen LogP contribution < -0.4 is 20.1 Å². The standard InChI is InChI=1S/C23H31N3O4S/c1-14(2)20(25-21(27)15-8-6-5-7-9-15)22(28)26-23-24-18(13-31-23)17-12-16(29-3)10-11-19(17)30-4/h10-15,20H,5-9H2,1-4H3,(H,25,27)(H,24,26,28). The number of nitrogens with one attached hydrogen (secondary N) is 2. The molecular weight excluding hydrogens is 414 g/mol. The number of nitrogens with zero attached hydrogens (tertiary/aromatic N) is 1. The minimum absolute atomic E-state index is 0.00907. The lowest BCUT2D eigenvalue weighted by Gasteiger charge is -2.26. The van der Waals surface area contributed by atoms with Crippen molar-refractivity contribution < 1.29 is 19.1 Å². The van der Waals surface area contributed by atoms with Gasteiger partial charge in [-0.25, -0.2) is 4.98 Å². The number of hydrogen-bond donors (Lipinski definition) is 2. The first-order valence-electron chi connectivity index (χ1n) is 10.7. The first kappa shape index (κ1) is 23.1. The van der Waals surface area contributed by atoms with Crippen molar-refractivity contribution in [2.75, 3.05) is 19.5 Å². The number of methoxy groups -OCH3 is 2. The highest BCUT2D eigenvalue weighted by Gasteiger charge is 2.29. The highest BCUT2D eigenvalue weighted by molar-refractivity contribution is 7.14. The van der Waals surface area contributed by atoms with Gasteiger partial charge in [-0.1, -0.05) is 33.1 Å². The molecule has 0 aliphatic heterocycles. The second-order valence-electron chi connectivity index (χ2n) is 8.16. The minimum atomic E-state index is -0.604. The highest BCUT2D eigenvalue weighted by Crippen LogP contribution is 2.35. The van der Waals surface area contributed by atoms with E-state index in [1.807, 2.05) is 37.4 Å². The Morgan fingerprint density at radius 2 is 1.87 bits per heavy atom. The van der Waals surface area contributed by atoms with Crippen LogP contribution in [-0.4, -0.2) is 37.1 Å². The highest BCUT2D eigenvalue weighted by atomic mass is 32.1. The quantitative estimate of drug-likeness (QED) is 0.625. The van der Waals surface area contributed by atoms with Gasteiger partial charge < -0.3 is 20.1 Å². The molecule has 2 N–H and O–H groups in total. The Kier molecular flexibility index (Phi) is 7.90. The normalized spacial score (nSPS) is 15.4. The summed E-state index contributed by atoms with van der Waals surface area (Å²) in [6, 6.07) is 4.88. The first-order chi connectivity index (χ1) is 14.9. The third kappa shape index (κ3) is 5.76. The molecule has 1 aromatic carbocycles. The van der Waals surface area contributed by atoms with Crippen LogP contribution in [0.5, 0.6) is 11.5 Å². The molecule has 0 spiro atoms. The average molecular weight is 446 g/mol. The molecule has 0 saturated heterocycles. The summed E-state index contributed by atoms with van der Waals surface area (Å²) in [5.41, 5.74) is 1.47. The zero-order valence-corrected chi connectivity index (χ0v) is 19.4. The molecule has 0 bridgehead atoms. The van der Waals surface area contributed by atoms with Crippen LogP contribution in [0.4, 0.5) is 5.13 Å². The fourth-order valence-corrected chi connectivity index (χ4v) is 4.54. The minimum Gasteiger partial charge on any atom is -0.497 e. The molecule has 3 rings (SSSR count). The summed E-state index contributed by atoms with van der Waals surface area (Å²) in [6.07, 6.45) is 5.13. The Hall–Kier alpha value is -2.61. The number of hydrogen-bond acceptors (Lipinski definition) is 6. The molecule has 2 aromatic rings. The molecule has 7 nitrogen and oxygen atoms in total. The molecule has 1 atom stereocenters. The lowest BCUT2D eigenvalue weighted by atomic mass is 9.88. The summed E-state index contributed by atoms with van der Waals surface area (Å²) < 4.78 is 10.7. The number of carbonyl (C=O) groups excluding carboxylic acids is 2. The smallest absolute Gasteiger partial charge is 0.248 e. The van der Waals surface area contributed by atoms with Gasteiger partial charge in [-0.2, -0.15) is 0 Å². The third-order valence-corrected chi connectivity index (χ3v) is 6.40. The van der Waals surface area contributed by atoms with Crippen LogP contribution in [0.25, 0.3) is 11.3 Å². The van der Waals surface area contributed by atoms with Gasteiger partial charge in [-0.05, 0) is 37.0 Å². The Morgan fingerprint density at radius 3 is 2.52 bits per heavy atom. The predicted octanol–water partition coefficient (Wildman–Crippen LogP) is 4.49. The summed E-state index contributed by atoms with van der Waals surface area (Å²) in [5, 5.41) is 8.17. The van der Waals surface area contributed by atoms with Crippen LogP contribution in [-0.2, 0) is 9.59 Å². The van der Waals surface area contributed by atoms with Crippen LogP contribution in [0, 0.1) is 11.8 Å². The summed E-state index contributed by atoms with van der Waals surface area (Å²) in [4.78, 5) is 30.2. The Labute approximate surface area is 187 Å². The molecule has 31 heavy (non-hydrogen) atoms. The second-order valence-corrected chi connectivity index (χ2v) is 9.02. The van der Waals surface area contributed by atoms with Gasteiger partial charge in [0.25, 0.3) is 0 Å². The van der Waals surface area contributed by atoms with Crippen molar-refractivity contribution in [3.8, 4) is 22.8 Å². The summed E-state index contributed by atoms with van der Waals surface area (Å²) in [5.74, 6) is 1.07. The molecule has 1 fully saturated rings. The molecule has 1 aliphatic carbocycles. The third-order valence-electron chi connectivity index (χ3n) is 5.64. The van der Waals surface area contributed by atoms with E-state index in [1.54, 1.807) is 14.2 Å². The number of amides is 2. The van der Waals surface area contributed by atoms with E-state index in [2.05, 4.69) is 15.6 Å². The van der Waals surface area contributed by atoms with Crippen molar-refractivity contribution in [1.29, 1.82) is 0 Å². The monoisotopic (exact) mass is 445 g/mol. The van der Waals surface area contributed by atoms with Crippen molar-refractivity contribution in [2.24, 2.45) is 11.8 Å². The van der Waals surface area contributed by atoms with E-state index in [0.717, 1.165) is 31.2 Å². The number of anilines is 1. The number of ether oxygens (including phenoxy) is 2. The van der Waals surface area contributed by atoms with Gasteiger partial charge in [-0.3, -0.25) is 9.59 Å². The number of rotatable bonds is 8. The Balaban J connectivity index is 1.71. The van der Waals surface area contributed by atoms with Crippen LogP contribution in [0.3, 0.4) is 0 Å². The molecule has 1 saturated carbocycles. The van der Waals surface area contributed by atoms with E-state index >= 15 is 0 Å². The van der Waals surface area contributed by atoms with Crippen LogP contribution in [0.1, 0.15) is 46.0 Å². The van der Waals surface area contributed by atoms with Gasteiger partial charge in [0, 0.05) is 16.9 Å². The molecule has 168 valence electrons. The average Bonchev–Trinajstić information content (AvgIpc) is 3.25. The predicted molar refractivity (Wildman–Crippen MR) is 123 cm³/mol. The zero-order valence-electron chi connectivity index (χ0n) is 18.6. The molecule has 1 heterocycles. The van der Waals surface area contributed by atoms with Crippen LogP contribution >= 0.6 is 11.3 Å². The fourth-order valence-electron chi connectivity index (χ4n) is 3.82. The summed E-state index contributed by atoms with van der Waals surface area (Å²) >= 11 is 1.33. The lowest BCUT2D eigenvalue weighted by molar-refractivity contribution is -0.130. The van der Waals surface area contributed by atoms with Gasteiger partial charge in [0.1, 0.15) is 17.5 Å². The summed E-state index contributed by atoms with van der Waals surface area (Å²) in [7, 11) is 3.20. The lowest BCUT2D eigenvalue weighted by Crippen LogP contribution is -2.49. The maximum Gasteiger partial charge on any atom is 0.248 e. The van der Waals surface area contributed by atoms with Gasteiger partial charge in [-0.15, -0.1) is 11.3 Å². The first-order valence-corrected chi connectivity index (χ1v) is 11.6. The van der Waals surface area contributed by atoms with Crippen molar-refractivity contribution in [2.45, 2.75) is 52.0 Å². The van der Waals surface area contributed by atoms with Gasteiger partial charge >= 0.3 is 0 Å². The zero-order chi connectivity index (χ0) is 22.4. The van der Waals surface area contributed by atoms with Crippen molar-refractivity contribution in [1.82, 2.24) is 10.3 Å². The second kappa shape index (κ2) is 10.6. The number of aromatic nitrogens is 1. The van der Waals surface area contributed by atoms with Crippen molar-refractivity contribution >= 4 is 28.3 Å². The van der Waals surface area contributed by atoms with E-state index < -0.39 is 6.04 Å². The Morgan fingerprint density at radius 1 is 1.13 bits per heavy atom. The Bertz CT molecular complexity index is 906. The molecule has 1 aromatic heterocycles. The summed E-state index contributed by atoms with van der Waals surface area (Å²) in [6.45, 7) is 3.86. The van der Waals surface area contributed by atoms with Crippen molar-refractivity contribution in [3.63, 3.8) is 0 Å². The fraction of sp³-hybridized carbons (Fsp3) is 0.522. The van der Waals surface area contributed by atoms with E-state index in [9.17, 15) is 9.59 Å². The number of carbonyl (C=O) groups is 2. The molecule has 1 aliphatic rings. The number of thiazole rings is 1.